The zero-order chi connectivity index (χ0) is 23.9. The van der Waals surface area contributed by atoms with Crippen LogP contribution in [0.1, 0.15) is 48.9 Å². The van der Waals surface area contributed by atoms with Crippen LogP contribution in [-0.4, -0.2) is 26.3 Å². The third-order valence-corrected chi connectivity index (χ3v) is 6.93. The molecular weight excluding hydrogens is 444 g/mol. The van der Waals surface area contributed by atoms with Gasteiger partial charge in [-0.1, -0.05) is 26.0 Å². The summed E-state index contributed by atoms with van der Waals surface area (Å²) in [5, 5.41) is 0.702. The topological polar surface area (TPSA) is 115 Å². The molecule has 33 heavy (non-hydrogen) atoms. The number of carbonyl (C=O) groups is 1. The first-order valence-corrected chi connectivity index (χ1v) is 12.0. The lowest BCUT2D eigenvalue weighted by Crippen LogP contribution is -2.26. The van der Waals surface area contributed by atoms with E-state index in [4.69, 9.17) is 9.15 Å². The van der Waals surface area contributed by atoms with E-state index in [0.29, 0.717) is 22.1 Å². The summed E-state index contributed by atoms with van der Waals surface area (Å²) in [5.41, 5.74) is 2.95. The monoisotopic (exact) mass is 468 g/mol. The molecule has 1 N–H and O–H groups in total. The van der Waals surface area contributed by atoms with Gasteiger partial charge in [-0.3, -0.25) is 9.71 Å². The Hall–Kier alpha value is -3.46. The molecule has 0 amide bonds. The van der Waals surface area contributed by atoms with E-state index in [1.54, 1.807) is 18.2 Å². The largest absolute Gasteiger partial charge is 0.459 e. The van der Waals surface area contributed by atoms with E-state index in [1.165, 1.54) is 19.1 Å². The molecule has 9 heteroatoms. The third-order valence-electron chi connectivity index (χ3n) is 5.54. The molecule has 172 valence electrons. The predicted molar refractivity (Wildman–Crippen MR) is 124 cm³/mol. The highest BCUT2D eigenvalue weighted by Gasteiger charge is 2.31. The number of amidine groups is 1. The molecule has 0 spiro atoms. The Bertz CT molecular complexity index is 1450. The number of sulfonamides is 1. The fraction of sp³-hybridized carbons (Fsp3) is 0.292. The first kappa shape index (κ1) is 22.7. The molecule has 4 rings (SSSR count). The summed E-state index contributed by atoms with van der Waals surface area (Å²) >= 11 is 0. The van der Waals surface area contributed by atoms with E-state index >= 15 is 0 Å². The van der Waals surface area contributed by atoms with Gasteiger partial charge in [0.15, 0.2) is 0 Å². The molecule has 3 aromatic rings. The Balaban J connectivity index is 1.58. The van der Waals surface area contributed by atoms with Crippen molar-refractivity contribution in [3.8, 4) is 0 Å². The van der Waals surface area contributed by atoms with Gasteiger partial charge in [-0.2, -0.15) is 0 Å². The first-order valence-electron chi connectivity index (χ1n) is 10.5. The Kier molecular flexibility index (Phi) is 5.84. The molecule has 0 fully saturated rings. The molecule has 0 bridgehead atoms. The van der Waals surface area contributed by atoms with E-state index in [0.717, 1.165) is 11.1 Å². The van der Waals surface area contributed by atoms with E-state index < -0.39 is 27.7 Å². The summed E-state index contributed by atoms with van der Waals surface area (Å²) in [7, 11) is -3.70. The van der Waals surface area contributed by atoms with Crippen molar-refractivity contribution in [2.45, 2.75) is 51.2 Å². The molecule has 8 nitrogen and oxygen atoms in total. The van der Waals surface area contributed by atoms with Crippen LogP contribution in [0.15, 0.2) is 61.6 Å². The minimum atomic E-state index is -3.70. The molecule has 1 aliphatic heterocycles. The van der Waals surface area contributed by atoms with E-state index in [1.807, 2.05) is 19.1 Å². The minimum Gasteiger partial charge on any atom is -0.459 e. The number of aliphatic imine (C=N–C) groups is 1. The lowest BCUT2D eigenvalue weighted by atomic mass is 9.95. The molecule has 0 radical (unpaired) electrons. The highest BCUT2D eigenvalue weighted by Crippen LogP contribution is 2.27. The summed E-state index contributed by atoms with van der Waals surface area (Å²) in [6.07, 6.45) is 0. The predicted octanol–water partition coefficient (Wildman–Crippen LogP) is 3.40. The maximum Gasteiger partial charge on any atom is 0.336 e. The smallest absolute Gasteiger partial charge is 0.336 e. The van der Waals surface area contributed by atoms with Crippen LogP contribution in [0, 0.1) is 6.92 Å². The maximum absolute atomic E-state index is 12.6. The molecule has 1 aliphatic rings. The van der Waals surface area contributed by atoms with Crippen molar-refractivity contribution in [3.63, 3.8) is 0 Å². The fourth-order valence-corrected chi connectivity index (χ4v) is 5.12. The number of nitrogens with zero attached hydrogens (tertiary/aromatic N) is 1. The number of hydrogen-bond donors (Lipinski definition) is 1. The lowest BCUT2D eigenvalue weighted by molar-refractivity contribution is -0.145. The number of carbonyl (C=O) groups excluding carboxylic acids is 1. The van der Waals surface area contributed by atoms with Gasteiger partial charge >= 0.3 is 11.6 Å². The number of fused-ring (bicyclic) bond motifs is 2. The Labute approximate surface area is 191 Å². The SMILES string of the molecule is Cc1cc2oc(=O)cc(COC(=O)[C@@H](C)N=C3NS(=O)(=O)c4ccccc43)c2cc1C(C)C. The quantitative estimate of drug-likeness (QED) is 0.453. The Morgan fingerprint density at radius 1 is 1.15 bits per heavy atom. The Morgan fingerprint density at radius 3 is 2.61 bits per heavy atom. The minimum absolute atomic E-state index is 0.0953. The van der Waals surface area contributed by atoms with Crippen LogP contribution < -0.4 is 10.3 Å². The van der Waals surface area contributed by atoms with Crippen molar-refractivity contribution in [2.75, 3.05) is 0 Å². The molecule has 0 aliphatic carbocycles. The van der Waals surface area contributed by atoms with Crippen molar-refractivity contribution in [2.24, 2.45) is 4.99 Å². The molecule has 1 atom stereocenters. The molecule has 0 saturated heterocycles. The normalized spacial score (nSPS) is 16.6. The van der Waals surface area contributed by atoms with Gasteiger partial charge in [-0.25, -0.2) is 18.0 Å². The molecule has 2 heterocycles. The molecule has 0 saturated carbocycles. The zero-order valence-electron chi connectivity index (χ0n) is 18.7. The van der Waals surface area contributed by atoms with Crippen molar-refractivity contribution < 1.29 is 22.4 Å². The second-order valence-corrected chi connectivity index (χ2v) is 9.96. The summed E-state index contributed by atoms with van der Waals surface area (Å²) in [6, 6.07) is 10.5. The van der Waals surface area contributed by atoms with Crippen LogP contribution in [0.4, 0.5) is 0 Å². The highest BCUT2D eigenvalue weighted by molar-refractivity contribution is 7.90. The molecular formula is C24H24N2O6S. The number of ether oxygens (including phenoxy) is 1. The lowest BCUT2D eigenvalue weighted by Gasteiger charge is -2.14. The van der Waals surface area contributed by atoms with Gasteiger partial charge in [-0.15, -0.1) is 0 Å². The molecule has 1 aromatic heterocycles. The van der Waals surface area contributed by atoms with Crippen molar-refractivity contribution in [1.82, 2.24) is 4.72 Å². The third kappa shape index (κ3) is 4.41. The average Bonchev–Trinajstić information content (AvgIpc) is 3.01. The number of nitrogens with one attached hydrogen (secondary N) is 1. The summed E-state index contributed by atoms with van der Waals surface area (Å²) < 4.78 is 37.6. The van der Waals surface area contributed by atoms with Crippen LogP contribution >= 0.6 is 0 Å². The first-order chi connectivity index (χ1) is 15.6. The maximum atomic E-state index is 12.6. The number of benzene rings is 2. The number of rotatable bonds is 5. The Morgan fingerprint density at radius 2 is 1.88 bits per heavy atom. The number of esters is 1. The van der Waals surface area contributed by atoms with Gasteiger partial charge in [0.25, 0.3) is 10.0 Å². The second kappa shape index (κ2) is 8.47. The second-order valence-electron chi connectivity index (χ2n) is 8.31. The standard InChI is InChI=1S/C24H24N2O6S/c1-13(2)18-11-19-16(10-22(27)32-20(19)9-14(18)3)12-31-24(28)15(4)25-23-17-7-5-6-8-21(17)33(29,30)26-23/h5-11,13,15H,12H2,1-4H3,(H,25,26)/t15-/m1/s1. The fourth-order valence-electron chi connectivity index (χ4n) is 3.88. The van der Waals surface area contributed by atoms with Crippen molar-refractivity contribution in [1.29, 1.82) is 0 Å². The van der Waals surface area contributed by atoms with Gasteiger partial charge in [0, 0.05) is 22.6 Å². The number of aryl methyl sites for hydroxylation is 1. The van der Waals surface area contributed by atoms with Gasteiger partial charge in [-0.05, 0) is 55.2 Å². The zero-order valence-corrected chi connectivity index (χ0v) is 19.5. The van der Waals surface area contributed by atoms with Gasteiger partial charge in [0.1, 0.15) is 24.1 Å². The van der Waals surface area contributed by atoms with Crippen LogP contribution in [0.5, 0.6) is 0 Å². The van der Waals surface area contributed by atoms with Crippen LogP contribution in [0.2, 0.25) is 0 Å². The van der Waals surface area contributed by atoms with Crippen molar-refractivity contribution in [3.05, 3.63) is 75.1 Å². The van der Waals surface area contributed by atoms with E-state index in [9.17, 15) is 18.0 Å². The van der Waals surface area contributed by atoms with E-state index in [2.05, 4.69) is 23.6 Å². The summed E-state index contributed by atoms with van der Waals surface area (Å²) in [4.78, 5) is 29.0. The van der Waals surface area contributed by atoms with Crippen molar-refractivity contribution >= 4 is 32.8 Å². The van der Waals surface area contributed by atoms with E-state index in [-0.39, 0.29) is 23.3 Å². The average molecular weight is 469 g/mol. The van der Waals surface area contributed by atoms with Crippen LogP contribution in [-0.2, 0) is 26.2 Å². The van der Waals surface area contributed by atoms with Gasteiger partial charge < -0.3 is 9.15 Å². The summed E-state index contributed by atoms with van der Waals surface area (Å²) in [5.74, 6) is -0.285. The number of hydrogen-bond acceptors (Lipinski definition) is 7. The van der Waals surface area contributed by atoms with Gasteiger partial charge in [0.2, 0.25) is 0 Å². The molecule has 2 aromatic carbocycles. The highest BCUT2D eigenvalue weighted by atomic mass is 32.2. The summed E-state index contributed by atoms with van der Waals surface area (Å²) in [6.45, 7) is 7.48. The van der Waals surface area contributed by atoms with Crippen LogP contribution in [0.25, 0.3) is 11.0 Å². The van der Waals surface area contributed by atoms with Crippen LogP contribution in [0.3, 0.4) is 0 Å². The molecule has 0 unspecified atom stereocenters. The van der Waals surface area contributed by atoms with Gasteiger partial charge in [0.05, 0.1) is 4.90 Å².